The van der Waals surface area contributed by atoms with E-state index in [0.717, 1.165) is 9.75 Å². The van der Waals surface area contributed by atoms with Crippen LogP contribution in [0.2, 0.25) is 0 Å². The van der Waals surface area contributed by atoms with Gasteiger partial charge in [0.25, 0.3) is 0 Å². The molecule has 0 saturated heterocycles. The van der Waals surface area contributed by atoms with Crippen molar-refractivity contribution in [3.63, 3.8) is 0 Å². The maximum atomic E-state index is 11.9. The zero-order chi connectivity index (χ0) is 18.6. The number of nitrogens with two attached hydrogens (primary N) is 1. The van der Waals surface area contributed by atoms with Crippen LogP contribution in [0.3, 0.4) is 0 Å². The van der Waals surface area contributed by atoms with E-state index in [-0.39, 0.29) is 12.2 Å². The van der Waals surface area contributed by atoms with Crippen LogP contribution >= 0.6 is 22.7 Å². The smallest absolute Gasteiger partial charge is 0.141 e. The molecule has 3 atom stereocenters. The average Bonchev–Trinajstić information content (AvgIpc) is 3.21. The molecule has 6 heteroatoms. The van der Waals surface area contributed by atoms with Crippen molar-refractivity contribution in [2.45, 2.75) is 70.7 Å². The number of ether oxygens (including phenoxy) is 2. The molecule has 2 aromatic rings. The molecule has 2 rings (SSSR count). The van der Waals surface area contributed by atoms with Crippen LogP contribution in [0.15, 0.2) is 35.0 Å². The van der Waals surface area contributed by atoms with Crippen molar-refractivity contribution in [2.75, 3.05) is 0 Å². The normalized spacial score (nSPS) is 18.3. The molecule has 2 aromatic heterocycles. The van der Waals surface area contributed by atoms with Crippen LogP contribution in [0.5, 0.6) is 0 Å². The zero-order valence-electron chi connectivity index (χ0n) is 15.5. The van der Waals surface area contributed by atoms with Crippen LogP contribution in [-0.2, 0) is 9.47 Å². The fourth-order valence-corrected chi connectivity index (χ4v) is 4.53. The standard InChI is InChI=1S/C19H29NO3S2/c1-12(2)22-17(15-8-6-10-24-15)19(21,14(5)20)18(23-13(3)4)16-9-7-11-25-16/h6-14,17-18,21H,20H2,1-5H3. The first-order valence-corrected chi connectivity index (χ1v) is 10.4. The summed E-state index contributed by atoms with van der Waals surface area (Å²) in [4.78, 5) is 1.89. The van der Waals surface area contributed by atoms with Crippen LogP contribution < -0.4 is 5.73 Å². The van der Waals surface area contributed by atoms with Crippen molar-refractivity contribution in [3.05, 3.63) is 44.8 Å². The summed E-state index contributed by atoms with van der Waals surface area (Å²) in [5.74, 6) is 0. The molecule has 140 valence electrons. The molecule has 0 aliphatic carbocycles. The molecule has 0 aliphatic rings. The summed E-state index contributed by atoms with van der Waals surface area (Å²) in [5.41, 5.74) is 4.94. The van der Waals surface area contributed by atoms with Gasteiger partial charge in [0.05, 0.1) is 12.2 Å². The third-order valence-corrected chi connectivity index (χ3v) is 5.82. The van der Waals surface area contributed by atoms with Crippen LogP contribution in [0.25, 0.3) is 0 Å². The molecule has 25 heavy (non-hydrogen) atoms. The van der Waals surface area contributed by atoms with E-state index in [0.29, 0.717) is 0 Å². The van der Waals surface area contributed by atoms with Crippen molar-refractivity contribution < 1.29 is 14.6 Å². The van der Waals surface area contributed by atoms with E-state index in [1.165, 1.54) is 0 Å². The molecule has 3 unspecified atom stereocenters. The number of aliphatic hydroxyl groups is 1. The first-order chi connectivity index (χ1) is 11.8. The van der Waals surface area contributed by atoms with Gasteiger partial charge in [-0.25, -0.2) is 0 Å². The number of thiophene rings is 2. The summed E-state index contributed by atoms with van der Waals surface area (Å²) in [6, 6.07) is 7.32. The van der Waals surface area contributed by atoms with Gasteiger partial charge < -0.3 is 20.3 Å². The molecule has 0 radical (unpaired) electrons. The van der Waals surface area contributed by atoms with E-state index >= 15 is 0 Å². The van der Waals surface area contributed by atoms with Crippen molar-refractivity contribution >= 4 is 22.7 Å². The fourth-order valence-electron chi connectivity index (χ4n) is 2.85. The van der Waals surface area contributed by atoms with Gasteiger partial charge in [-0.2, -0.15) is 0 Å². The minimum Gasteiger partial charge on any atom is -0.382 e. The summed E-state index contributed by atoms with van der Waals surface area (Å²) in [6.07, 6.45) is -1.25. The van der Waals surface area contributed by atoms with Crippen LogP contribution in [-0.4, -0.2) is 29.0 Å². The fraction of sp³-hybridized carbons (Fsp3) is 0.579. The summed E-state index contributed by atoms with van der Waals surface area (Å²) in [7, 11) is 0. The van der Waals surface area contributed by atoms with Crippen LogP contribution in [0.1, 0.15) is 56.6 Å². The largest absolute Gasteiger partial charge is 0.382 e. The molecular weight excluding hydrogens is 354 g/mol. The highest BCUT2D eigenvalue weighted by Crippen LogP contribution is 2.46. The maximum Gasteiger partial charge on any atom is 0.141 e. The molecule has 2 heterocycles. The Balaban J connectivity index is 2.55. The maximum absolute atomic E-state index is 11.9. The van der Waals surface area contributed by atoms with Gasteiger partial charge in [0.1, 0.15) is 17.8 Å². The van der Waals surface area contributed by atoms with Gasteiger partial charge in [-0.05, 0) is 57.5 Å². The summed E-state index contributed by atoms with van der Waals surface area (Å²) in [6.45, 7) is 9.67. The first kappa shape index (κ1) is 20.6. The lowest BCUT2D eigenvalue weighted by Gasteiger charge is -2.44. The Morgan fingerprint density at radius 1 is 0.880 bits per heavy atom. The molecule has 0 saturated carbocycles. The van der Waals surface area contributed by atoms with Gasteiger partial charge in [0.15, 0.2) is 0 Å². The Hall–Kier alpha value is -0.760. The Morgan fingerprint density at radius 2 is 1.28 bits per heavy atom. The molecule has 0 fully saturated rings. The van der Waals surface area contributed by atoms with E-state index in [2.05, 4.69) is 0 Å². The van der Waals surface area contributed by atoms with Gasteiger partial charge in [-0.15, -0.1) is 22.7 Å². The van der Waals surface area contributed by atoms with Gasteiger partial charge >= 0.3 is 0 Å². The Labute approximate surface area is 158 Å². The predicted molar refractivity (Wildman–Crippen MR) is 105 cm³/mol. The van der Waals surface area contributed by atoms with Gasteiger partial charge in [0, 0.05) is 15.8 Å². The van der Waals surface area contributed by atoms with Crippen molar-refractivity contribution in [1.29, 1.82) is 0 Å². The third-order valence-electron chi connectivity index (χ3n) is 3.99. The molecule has 3 N–H and O–H groups in total. The van der Waals surface area contributed by atoms with Crippen LogP contribution in [0, 0.1) is 0 Å². The molecule has 0 bridgehead atoms. The second-order valence-corrected chi connectivity index (χ2v) is 8.80. The minimum atomic E-state index is -1.40. The van der Waals surface area contributed by atoms with Gasteiger partial charge in [-0.3, -0.25) is 0 Å². The Bertz CT molecular complexity index is 560. The lowest BCUT2D eigenvalue weighted by Crippen LogP contribution is -2.56. The highest BCUT2D eigenvalue weighted by atomic mass is 32.1. The second-order valence-electron chi connectivity index (χ2n) is 6.84. The number of hydrogen-bond donors (Lipinski definition) is 2. The zero-order valence-corrected chi connectivity index (χ0v) is 17.1. The van der Waals surface area contributed by atoms with E-state index in [1.54, 1.807) is 22.7 Å². The highest BCUT2D eigenvalue weighted by Gasteiger charge is 2.51. The van der Waals surface area contributed by atoms with Crippen molar-refractivity contribution in [2.24, 2.45) is 5.73 Å². The van der Waals surface area contributed by atoms with Crippen molar-refractivity contribution in [3.8, 4) is 0 Å². The summed E-state index contributed by atoms with van der Waals surface area (Å²) < 4.78 is 12.4. The molecule has 4 nitrogen and oxygen atoms in total. The van der Waals surface area contributed by atoms with E-state index in [9.17, 15) is 5.11 Å². The summed E-state index contributed by atoms with van der Waals surface area (Å²) in [5, 5.41) is 15.9. The number of hydrogen-bond acceptors (Lipinski definition) is 6. The van der Waals surface area contributed by atoms with E-state index in [1.807, 2.05) is 69.6 Å². The Kier molecular flexibility index (Phi) is 7.19. The second kappa shape index (κ2) is 8.75. The molecular formula is C19H29NO3S2. The highest BCUT2D eigenvalue weighted by molar-refractivity contribution is 7.10. The summed E-state index contributed by atoms with van der Waals surface area (Å²) >= 11 is 3.12. The monoisotopic (exact) mass is 383 g/mol. The van der Waals surface area contributed by atoms with Crippen LogP contribution in [0.4, 0.5) is 0 Å². The van der Waals surface area contributed by atoms with Gasteiger partial charge in [-0.1, -0.05) is 12.1 Å². The topological polar surface area (TPSA) is 64.7 Å². The quantitative estimate of drug-likeness (QED) is 0.668. The average molecular weight is 384 g/mol. The minimum absolute atomic E-state index is 0.0552. The number of rotatable bonds is 9. The van der Waals surface area contributed by atoms with E-state index < -0.39 is 23.9 Å². The predicted octanol–water partition coefficient (Wildman–Crippen LogP) is 4.52. The SMILES string of the molecule is CC(C)OC(c1cccs1)C(O)(C(C)N)C(OC(C)C)c1cccs1. The third kappa shape index (κ3) is 4.70. The molecule has 0 aromatic carbocycles. The van der Waals surface area contributed by atoms with Crippen molar-refractivity contribution in [1.82, 2.24) is 0 Å². The lowest BCUT2D eigenvalue weighted by molar-refractivity contribution is -0.211. The Morgan fingerprint density at radius 3 is 1.52 bits per heavy atom. The first-order valence-electron chi connectivity index (χ1n) is 8.62. The molecule has 0 aliphatic heterocycles. The van der Waals surface area contributed by atoms with Gasteiger partial charge in [0.2, 0.25) is 0 Å². The molecule has 0 spiro atoms. The van der Waals surface area contributed by atoms with E-state index in [4.69, 9.17) is 15.2 Å². The lowest BCUT2D eigenvalue weighted by atomic mass is 9.82. The molecule has 0 amide bonds.